The maximum atomic E-state index is 10.8. The van der Waals surface area contributed by atoms with E-state index in [0.717, 1.165) is 34.1 Å². The monoisotopic (exact) mass is 284 g/mol. The molecule has 0 bridgehead atoms. The molecule has 1 aromatic rings. The fourth-order valence-electron chi connectivity index (χ4n) is 2.77. The molecular formula is C15H21ClOS. The number of benzene rings is 1. The van der Waals surface area contributed by atoms with Crippen LogP contribution in [0.1, 0.15) is 31.4 Å². The van der Waals surface area contributed by atoms with Crippen LogP contribution in [-0.2, 0) is 6.42 Å². The Bertz CT molecular complexity index is 444. The molecule has 2 rings (SSSR count). The molecule has 0 aromatic heterocycles. The number of thioether (sulfide) groups is 1. The second kappa shape index (κ2) is 5.07. The van der Waals surface area contributed by atoms with E-state index in [9.17, 15) is 5.11 Å². The van der Waals surface area contributed by atoms with Crippen molar-refractivity contribution in [2.75, 3.05) is 11.5 Å². The van der Waals surface area contributed by atoms with Gasteiger partial charge in [0.2, 0.25) is 0 Å². The van der Waals surface area contributed by atoms with Crippen LogP contribution in [0.2, 0.25) is 5.02 Å². The van der Waals surface area contributed by atoms with Gasteiger partial charge >= 0.3 is 0 Å². The lowest BCUT2D eigenvalue weighted by atomic mass is 9.79. The molecule has 1 unspecified atom stereocenters. The number of hydrogen-bond acceptors (Lipinski definition) is 2. The molecule has 100 valence electrons. The molecule has 1 aliphatic rings. The molecule has 1 fully saturated rings. The molecule has 0 spiro atoms. The molecule has 1 aromatic carbocycles. The van der Waals surface area contributed by atoms with Crippen molar-refractivity contribution in [2.45, 2.75) is 39.2 Å². The predicted octanol–water partition coefficient (Wildman–Crippen LogP) is 4.09. The summed E-state index contributed by atoms with van der Waals surface area (Å²) in [6.45, 7) is 6.48. The molecule has 3 heteroatoms. The van der Waals surface area contributed by atoms with Crippen molar-refractivity contribution >= 4 is 23.4 Å². The third-order valence-electron chi connectivity index (χ3n) is 3.40. The molecule has 18 heavy (non-hydrogen) atoms. The Hall–Kier alpha value is -0.180. The van der Waals surface area contributed by atoms with E-state index >= 15 is 0 Å². The molecular weight excluding hydrogens is 264 g/mol. The van der Waals surface area contributed by atoms with Crippen LogP contribution >= 0.6 is 23.4 Å². The zero-order valence-electron chi connectivity index (χ0n) is 11.3. The van der Waals surface area contributed by atoms with Crippen LogP contribution in [-0.4, -0.2) is 22.2 Å². The Balaban J connectivity index is 2.17. The minimum absolute atomic E-state index is 0.203. The van der Waals surface area contributed by atoms with Crippen LogP contribution in [0.4, 0.5) is 0 Å². The number of rotatable bonds is 2. The first kappa shape index (κ1) is 14.2. The lowest BCUT2D eigenvalue weighted by molar-refractivity contribution is 0.0200. The highest BCUT2D eigenvalue weighted by Crippen LogP contribution is 2.41. The third kappa shape index (κ3) is 3.43. The summed E-state index contributed by atoms with van der Waals surface area (Å²) in [6.07, 6.45) is 1.50. The average molecular weight is 285 g/mol. The smallest absolute Gasteiger partial charge is 0.0783 e. The van der Waals surface area contributed by atoms with E-state index in [1.807, 2.05) is 30.8 Å². The SMILES string of the molecule is Cc1ccc(CC2(O)CSCC(C)(C)C2)c(Cl)c1. The van der Waals surface area contributed by atoms with Gasteiger partial charge in [-0.15, -0.1) is 0 Å². The summed E-state index contributed by atoms with van der Waals surface area (Å²) in [5.41, 5.74) is 1.80. The van der Waals surface area contributed by atoms with E-state index in [0.29, 0.717) is 6.42 Å². The van der Waals surface area contributed by atoms with Gasteiger partial charge < -0.3 is 5.11 Å². The van der Waals surface area contributed by atoms with Gasteiger partial charge in [-0.05, 0) is 41.7 Å². The molecule has 0 saturated carbocycles. The Morgan fingerprint density at radius 3 is 2.67 bits per heavy atom. The van der Waals surface area contributed by atoms with Crippen LogP contribution in [0.3, 0.4) is 0 Å². The number of aliphatic hydroxyl groups is 1. The maximum absolute atomic E-state index is 10.8. The van der Waals surface area contributed by atoms with Crippen molar-refractivity contribution in [3.63, 3.8) is 0 Å². The second-order valence-corrected chi connectivity index (χ2v) is 7.72. The maximum Gasteiger partial charge on any atom is 0.0783 e. The Morgan fingerprint density at radius 2 is 2.06 bits per heavy atom. The standard InChI is InChI=1S/C15H21ClOS/c1-11-4-5-12(13(16)6-11)7-15(17)8-14(2,3)9-18-10-15/h4-6,17H,7-10H2,1-3H3. The molecule has 1 N–H and O–H groups in total. The lowest BCUT2D eigenvalue weighted by Crippen LogP contribution is -2.44. The van der Waals surface area contributed by atoms with E-state index in [-0.39, 0.29) is 5.41 Å². The van der Waals surface area contributed by atoms with Gasteiger partial charge in [0.1, 0.15) is 0 Å². The third-order valence-corrected chi connectivity index (χ3v) is 5.48. The van der Waals surface area contributed by atoms with Crippen LogP contribution < -0.4 is 0 Å². The zero-order chi connectivity index (χ0) is 13.4. The van der Waals surface area contributed by atoms with Gasteiger partial charge in [-0.2, -0.15) is 11.8 Å². The van der Waals surface area contributed by atoms with Gasteiger partial charge in [-0.25, -0.2) is 0 Å². The summed E-state index contributed by atoms with van der Waals surface area (Å²) in [6, 6.07) is 6.08. The minimum atomic E-state index is -0.620. The molecule has 1 atom stereocenters. The van der Waals surface area contributed by atoms with Crippen LogP contribution in [0.25, 0.3) is 0 Å². The molecule has 1 nitrogen and oxygen atoms in total. The fraction of sp³-hybridized carbons (Fsp3) is 0.600. The largest absolute Gasteiger partial charge is 0.389 e. The number of aryl methyl sites for hydroxylation is 1. The van der Waals surface area contributed by atoms with Gasteiger partial charge in [0.05, 0.1) is 5.60 Å². The summed E-state index contributed by atoms with van der Waals surface area (Å²) in [7, 11) is 0. The van der Waals surface area contributed by atoms with Gasteiger partial charge in [0, 0.05) is 17.2 Å². The lowest BCUT2D eigenvalue weighted by Gasteiger charge is -2.41. The summed E-state index contributed by atoms with van der Waals surface area (Å²) < 4.78 is 0. The summed E-state index contributed by atoms with van der Waals surface area (Å²) in [4.78, 5) is 0. The molecule has 0 amide bonds. The topological polar surface area (TPSA) is 20.2 Å². The van der Waals surface area contributed by atoms with E-state index in [2.05, 4.69) is 19.9 Å². The van der Waals surface area contributed by atoms with Crippen molar-refractivity contribution in [3.8, 4) is 0 Å². The molecule has 1 saturated heterocycles. The number of hydrogen-bond donors (Lipinski definition) is 1. The molecule has 0 radical (unpaired) electrons. The number of halogens is 1. The summed E-state index contributed by atoms with van der Waals surface area (Å²) in [5.74, 6) is 1.93. The first-order valence-electron chi connectivity index (χ1n) is 6.35. The molecule has 1 aliphatic heterocycles. The van der Waals surface area contributed by atoms with Crippen molar-refractivity contribution in [1.29, 1.82) is 0 Å². The predicted molar refractivity (Wildman–Crippen MR) is 80.6 cm³/mol. The second-order valence-electron chi connectivity index (χ2n) is 6.33. The minimum Gasteiger partial charge on any atom is -0.389 e. The Morgan fingerprint density at radius 1 is 1.33 bits per heavy atom. The zero-order valence-corrected chi connectivity index (χ0v) is 12.9. The van der Waals surface area contributed by atoms with E-state index in [4.69, 9.17) is 11.6 Å². The normalized spacial score (nSPS) is 27.2. The highest BCUT2D eigenvalue weighted by Gasteiger charge is 2.39. The Kier molecular flexibility index (Phi) is 4.01. The van der Waals surface area contributed by atoms with Crippen molar-refractivity contribution in [3.05, 3.63) is 34.3 Å². The highest BCUT2D eigenvalue weighted by atomic mass is 35.5. The van der Waals surface area contributed by atoms with Crippen LogP contribution in [0, 0.1) is 12.3 Å². The first-order chi connectivity index (χ1) is 8.30. The van der Waals surface area contributed by atoms with Crippen molar-refractivity contribution < 1.29 is 5.11 Å². The van der Waals surface area contributed by atoms with Crippen molar-refractivity contribution in [1.82, 2.24) is 0 Å². The summed E-state index contributed by atoms with van der Waals surface area (Å²) in [5, 5.41) is 11.5. The summed E-state index contributed by atoms with van der Waals surface area (Å²) >= 11 is 8.11. The van der Waals surface area contributed by atoms with Crippen LogP contribution in [0.15, 0.2) is 18.2 Å². The highest BCUT2D eigenvalue weighted by molar-refractivity contribution is 7.99. The quantitative estimate of drug-likeness (QED) is 0.883. The van der Waals surface area contributed by atoms with Gasteiger partial charge in [0.15, 0.2) is 0 Å². The van der Waals surface area contributed by atoms with E-state index < -0.39 is 5.60 Å². The van der Waals surface area contributed by atoms with Crippen LogP contribution in [0.5, 0.6) is 0 Å². The fourth-order valence-corrected chi connectivity index (χ4v) is 4.42. The van der Waals surface area contributed by atoms with E-state index in [1.54, 1.807) is 0 Å². The molecule has 1 heterocycles. The Labute approximate surface area is 119 Å². The van der Waals surface area contributed by atoms with Gasteiger partial charge in [-0.1, -0.05) is 37.6 Å². The first-order valence-corrected chi connectivity index (χ1v) is 7.88. The van der Waals surface area contributed by atoms with Gasteiger partial charge in [-0.3, -0.25) is 0 Å². The van der Waals surface area contributed by atoms with E-state index in [1.165, 1.54) is 0 Å². The average Bonchev–Trinajstić information content (AvgIpc) is 2.20. The van der Waals surface area contributed by atoms with Gasteiger partial charge in [0.25, 0.3) is 0 Å². The van der Waals surface area contributed by atoms with Crippen molar-refractivity contribution in [2.24, 2.45) is 5.41 Å². The molecule has 0 aliphatic carbocycles.